The van der Waals surface area contributed by atoms with Crippen molar-refractivity contribution in [1.82, 2.24) is 14.8 Å². The first-order valence-electron chi connectivity index (χ1n) is 10.3. The number of piperidine rings is 1. The minimum Gasteiger partial charge on any atom is -0.369 e. The molecular weight excluding hydrogens is 368 g/mol. The molecule has 4 rings (SSSR count). The Labute approximate surface area is 172 Å². The van der Waals surface area contributed by atoms with Gasteiger partial charge in [0.25, 0.3) is 5.91 Å². The molecule has 0 N–H and O–H groups in total. The predicted octanol–water partition coefficient (Wildman–Crippen LogP) is 3.50. The summed E-state index contributed by atoms with van der Waals surface area (Å²) in [6, 6.07) is 9.13. The standard InChI is InChI=1S/C22H30N4OS/c1-16-7-4-5-9-20(16)25-13-11-24(12-14-25)19-8-6-10-26(15-19)22(27)21-17(2)23-18(3)28-21/h4-5,7,9,19H,6,8,10-15H2,1-3H3/t19-/m0/s1. The van der Waals surface area contributed by atoms with Crippen LogP contribution in [0.3, 0.4) is 0 Å². The van der Waals surface area contributed by atoms with Gasteiger partial charge in [0.15, 0.2) is 0 Å². The van der Waals surface area contributed by atoms with Gasteiger partial charge in [-0.05, 0) is 45.2 Å². The molecule has 2 aliphatic rings. The lowest BCUT2D eigenvalue weighted by molar-refractivity contribution is 0.0567. The second kappa shape index (κ2) is 8.21. The molecule has 0 bridgehead atoms. The van der Waals surface area contributed by atoms with Crippen LogP contribution in [-0.2, 0) is 0 Å². The number of anilines is 1. The van der Waals surface area contributed by atoms with Gasteiger partial charge in [0.1, 0.15) is 4.88 Å². The molecule has 2 aliphatic heterocycles. The first-order chi connectivity index (χ1) is 13.5. The van der Waals surface area contributed by atoms with Gasteiger partial charge in [-0.2, -0.15) is 0 Å². The highest BCUT2D eigenvalue weighted by molar-refractivity contribution is 7.13. The van der Waals surface area contributed by atoms with E-state index in [-0.39, 0.29) is 5.91 Å². The molecule has 2 aromatic rings. The van der Waals surface area contributed by atoms with E-state index in [1.165, 1.54) is 29.0 Å². The maximum Gasteiger partial charge on any atom is 0.265 e. The smallest absolute Gasteiger partial charge is 0.265 e. The molecule has 0 unspecified atom stereocenters. The van der Waals surface area contributed by atoms with E-state index in [1.54, 1.807) is 0 Å². The Morgan fingerprint density at radius 3 is 2.50 bits per heavy atom. The zero-order chi connectivity index (χ0) is 19.7. The number of aryl methyl sites for hydroxylation is 3. The lowest BCUT2D eigenvalue weighted by atomic mass is 10.0. The number of amides is 1. The summed E-state index contributed by atoms with van der Waals surface area (Å²) >= 11 is 1.53. The van der Waals surface area contributed by atoms with Gasteiger partial charge in [0.05, 0.1) is 10.7 Å². The molecule has 3 heterocycles. The van der Waals surface area contributed by atoms with Gasteiger partial charge in [-0.1, -0.05) is 18.2 Å². The zero-order valence-corrected chi connectivity index (χ0v) is 18.0. The molecule has 1 aromatic heterocycles. The van der Waals surface area contributed by atoms with Crippen LogP contribution in [0.25, 0.3) is 0 Å². The lowest BCUT2D eigenvalue weighted by Gasteiger charge is -2.44. The van der Waals surface area contributed by atoms with Crippen molar-refractivity contribution in [2.24, 2.45) is 0 Å². The van der Waals surface area contributed by atoms with Gasteiger partial charge in [-0.25, -0.2) is 4.98 Å². The third-order valence-electron chi connectivity index (χ3n) is 6.07. The highest BCUT2D eigenvalue weighted by atomic mass is 32.1. The number of likely N-dealkylation sites (tertiary alicyclic amines) is 1. The van der Waals surface area contributed by atoms with E-state index in [0.29, 0.717) is 6.04 Å². The number of thiazole rings is 1. The Bertz CT molecular complexity index is 841. The third-order valence-corrected chi connectivity index (χ3v) is 7.13. The van der Waals surface area contributed by atoms with Crippen molar-refractivity contribution >= 4 is 22.9 Å². The van der Waals surface area contributed by atoms with Crippen LogP contribution in [0.15, 0.2) is 24.3 Å². The highest BCUT2D eigenvalue weighted by Crippen LogP contribution is 2.25. The van der Waals surface area contributed by atoms with Crippen molar-refractivity contribution in [1.29, 1.82) is 0 Å². The summed E-state index contributed by atoms with van der Waals surface area (Å²) < 4.78 is 0. The van der Waals surface area contributed by atoms with Gasteiger partial charge in [0, 0.05) is 51.0 Å². The zero-order valence-electron chi connectivity index (χ0n) is 17.1. The molecule has 1 atom stereocenters. The van der Waals surface area contributed by atoms with Gasteiger partial charge < -0.3 is 9.80 Å². The van der Waals surface area contributed by atoms with Crippen molar-refractivity contribution in [2.45, 2.75) is 39.7 Å². The highest BCUT2D eigenvalue weighted by Gasteiger charge is 2.31. The molecule has 2 fully saturated rings. The number of benzene rings is 1. The molecule has 5 nitrogen and oxygen atoms in total. The van der Waals surface area contributed by atoms with Crippen LogP contribution < -0.4 is 4.90 Å². The molecule has 2 saturated heterocycles. The monoisotopic (exact) mass is 398 g/mol. The van der Waals surface area contributed by atoms with E-state index in [4.69, 9.17) is 0 Å². The summed E-state index contributed by atoms with van der Waals surface area (Å²) in [6.07, 6.45) is 2.28. The number of piperazine rings is 1. The van der Waals surface area contributed by atoms with Crippen molar-refractivity contribution in [3.8, 4) is 0 Å². The van der Waals surface area contributed by atoms with Crippen LogP contribution >= 0.6 is 11.3 Å². The van der Waals surface area contributed by atoms with Gasteiger partial charge in [-0.3, -0.25) is 9.69 Å². The van der Waals surface area contributed by atoms with Crippen LogP contribution in [0.5, 0.6) is 0 Å². The first-order valence-corrected chi connectivity index (χ1v) is 11.1. The normalized spacial score (nSPS) is 21.2. The van der Waals surface area contributed by atoms with Crippen LogP contribution in [0.1, 0.15) is 38.8 Å². The lowest BCUT2D eigenvalue weighted by Crippen LogP contribution is -2.56. The number of nitrogens with zero attached hydrogens (tertiary/aromatic N) is 4. The van der Waals surface area contributed by atoms with Gasteiger partial charge in [-0.15, -0.1) is 11.3 Å². The average Bonchev–Trinajstić information content (AvgIpc) is 3.06. The molecule has 150 valence electrons. The van der Waals surface area contributed by atoms with E-state index < -0.39 is 0 Å². The fraction of sp³-hybridized carbons (Fsp3) is 0.545. The number of para-hydroxylation sites is 1. The minimum atomic E-state index is 0.173. The minimum absolute atomic E-state index is 0.173. The summed E-state index contributed by atoms with van der Waals surface area (Å²) in [7, 11) is 0. The van der Waals surface area contributed by atoms with Gasteiger partial charge in [0.2, 0.25) is 0 Å². The molecule has 0 aliphatic carbocycles. The quantitative estimate of drug-likeness (QED) is 0.793. The topological polar surface area (TPSA) is 39.7 Å². The molecule has 0 spiro atoms. The Morgan fingerprint density at radius 1 is 1.07 bits per heavy atom. The van der Waals surface area contributed by atoms with E-state index in [1.807, 2.05) is 13.8 Å². The maximum atomic E-state index is 13.0. The van der Waals surface area contributed by atoms with Crippen molar-refractivity contribution < 1.29 is 4.79 Å². The maximum absolute atomic E-state index is 13.0. The van der Waals surface area contributed by atoms with Crippen molar-refractivity contribution in [3.63, 3.8) is 0 Å². The number of hydrogen-bond acceptors (Lipinski definition) is 5. The third kappa shape index (κ3) is 3.94. The molecule has 6 heteroatoms. The Balaban J connectivity index is 1.37. The number of carbonyl (C=O) groups is 1. The number of carbonyl (C=O) groups excluding carboxylic acids is 1. The summed E-state index contributed by atoms with van der Waals surface area (Å²) in [6.45, 7) is 12.1. The number of rotatable bonds is 3. The summed E-state index contributed by atoms with van der Waals surface area (Å²) in [5.41, 5.74) is 3.58. The van der Waals surface area contributed by atoms with E-state index >= 15 is 0 Å². The molecule has 1 amide bonds. The second-order valence-corrected chi connectivity index (χ2v) is 9.21. The fourth-order valence-electron chi connectivity index (χ4n) is 4.56. The SMILES string of the molecule is Cc1nc(C)c(C(=O)N2CCC[C@H](N3CCN(c4ccccc4C)CC3)C2)s1. The number of hydrogen-bond donors (Lipinski definition) is 0. The summed E-state index contributed by atoms with van der Waals surface area (Å²) in [4.78, 5) is 25.4. The van der Waals surface area contributed by atoms with Gasteiger partial charge >= 0.3 is 0 Å². The Hall–Kier alpha value is -1.92. The largest absolute Gasteiger partial charge is 0.369 e. The summed E-state index contributed by atoms with van der Waals surface area (Å²) in [5, 5.41) is 0.974. The molecule has 28 heavy (non-hydrogen) atoms. The Morgan fingerprint density at radius 2 is 1.82 bits per heavy atom. The van der Waals surface area contributed by atoms with E-state index in [2.05, 4.69) is 50.9 Å². The van der Waals surface area contributed by atoms with Crippen LogP contribution in [0.4, 0.5) is 5.69 Å². The van der Waals surface area contributed by atoms with Crippen LogP contribution in [-0.4, -0.2) is 66.0 Å². The number of aromatic nitrogens is 1. The van der Waals surface area contributed by atoms with Crippen molar-refractivity contribution in [2.75, 3.05) is 44.2 Å². The van der Waals surface area contributed by atoms with Crippen LogP contribution in [0, 0.1) is 20.8 Å². The second-order valence-electron chi connectivity index (χ2n) is 8.00. The van der Waals surface area contributed by atoms with E-state index in [0.717, 1.165) is 61.3 Å². The molecule has 1 aromatic carbocycles. The molecule has 0 radical (unpaired) electrons. The van der Waals surface area contributed by atoms with Crippen LogP contribution in [0.2, 0.25) is 0 Å². The summed E-state index contributed by atoms with van der Waals surface area (Å²) in [5.74, 6) is 0.173. The predicted molar refractivity (Wildman–Crippen MR) is 115 cm³/mol. The molecular formula is C22H30N4OS. The molecule has 0 saturated carbocycles. The van der Waals surface area contributed by atoms with Crippen molar-refractivity contribution in [3.05, 3.63) is 45.4 Å². The fourth-order valence-corrected chi connectivity index (χ4v) is 5.44. The Kier molecular flexibility index (Phi) is 5.69. The van der Waals surface area contributed by atoms with E-state index in [9.17, 15) is 4.79 Å². The first kappa shape index (κ1) is 19.4. The average molecular weight is 399 g/mol.